The molecule has 7 nitrogen and oxygen atoms in total. The number of carbonyl (C=O) groups is 1. The number of para-hydroxylation sites is 1. The fraction of sp³-hybridized carbons (Fsp3) is 0. The molecule has 132 valence electrons. The minimum atomic E-state index is -0.530. The van der Waals surface area contributed by atoms with Crippen LogP contribution in [0.1, 0.15) is 10.4 Å². The summed E-state index contributed by atoms with van der Waals surface area (Å²) in [6.45, 7) is 0. The molecule has 2 aromatic carbocycles. The van der Waals surface area contributed by atoms with Crippen molar-refractivity contribution < 1.29 is 4.79 Å². The van der Waals surface area contributed by atoms with E-state index >= 15 is 0 Å². The molecule has 0 fully saturated rings. The van der Waals surface area contributed by atoms with Gasteiger partial charge in [0.2, 0.25) is 0 Å². The SMILES string of the molecule is NC(=O)c1ccccc1Nc1nc(-c2ccnnc2)nc2cc(Cl)ccc12. The number of nitrogens with one attached hydrogen (secondary N) is 1. The van der Waals surface area contributed by atoms with Gasteiger partial charge in [-0.15, -0.1) is 0 Å². The molecule has 1 amide bonds. The predicted molar refractivity (Wildman–Crippen MR) is 104 cm³/mol. The molecule has 0 aliphatic rings. The normalized spacial score (nSPS) is 10.7. The molecule has 0 spiro atoms. The zero-order chi connectivity index (χ0) is 18.8. The van der Waals surface area contributed by atoms with Gasteiger partial charge in [-0.05, 0) is 36.4 Å². The number of hydrogen-bond acceptors (Lipinski definition) is 6. The number of aromatic nitrogens is 4. The van der Waals surface area contributed by atoms with Gasteiger partial charge in [0.15, 0.2) is 5.82 Å². The summed E-state index contributed by atoms with van der Waals surface area (Å²) >= 11 is 6.13. The van der Waals surface area contributed by atoms with E-state index < -0.39 is 5.91 Å². The molecule has 4 aromatic rings. The van der Waals surface area contributed by atoms with Crippen LogP contribution in [0, 0.1) is 0 Å². The molecule has 8 heteroatoms. The van der Waals surface area contributed by atoms with Crippen LogP contribution in [0.15, 0.2) is 60.9 Å². The van der Waals surface area contributed by atoms with Crippen molar-refractivity contribution in [1.29, 1.82) is 0 Å². The van der Waals surface area contributed by atoms with Gasteiger partial charge in [0.25, 0.3) is 5.91 Å². The molecule has 4 rings (SSSR count). The number of halogens is 1. The van der Waals surface area contributed by atoms with E-state index in [0.29, 0.717) is 39.0 Å². The van der Waals surface area contributed by atoms with Crippen LogP contribution in [0.4, 0.5) is 11.5 Å². The first-order chi connectivity index (χ1) is 13.1. The van der Waals surface area contributed by atoms with Gasteiger partial charge >= 0.3 is 0 Å². The van der Waals surface area contributed by atoms with Gasteiger partial charge in [0, 0.05) is 16.0 Å². The summed E-state index contributed by atoms with van der Waals surface area (Å²) < 4.78 is 0. The molecule has 2 heterocycles. The van der Waals surface area contributed by atoms with E-state index in [4.69, 9.17) is 17.3 Å². The summed E-state index contributed by atoms with van der Waals surface area (Å²) in [6.07, 6.45) is 3.14. The van der Waals surface area contributed by atoms with Gasteiger partial charge in [0.05, 0.1) is 29.2 Å². The third kappa shape index (κ3) is 3.40. The Hall–Kier alpha value is -3.58. The maximum absolute atomic E-state index is 11.7. The van der Waals surface area contributed by atoms with Gasteiger partial charge < -0.3 is 11.1 Å². The highest BCUT2D eigenvalue weighted by Gasteiger charge is 2.13. The molecule has 0 unspecified atom stereocenters. The van der Waals surface area contributed by atoms with E-state index in [1.165, 1.54) is 0 Å². The lowest BCUT2D eigenvalue weighted by Crippen LogP contribution is -2.13. The second-order valence-electron chi connectivity index (χ2n) is 5.72. The summed E-state index contributed by atoms with van der Waals surface area (Å²) in [7, 11) is 0. The van der Waals surface area contributed by atoms with Crippen molar-refractivity contribution in [2.75, 3.05) is 5.32 Å². The Kier molecular flexibility index (Phi) is 4.35. The first kappa shape index (κ1) is 16.9. The third-order valence-corrected chi connectivity index (χ3v) is 4.18. The Morgan fingerprint density at radius 3 is 2.67 bits per heavy atom. The standard InChI is InChI=1S/C19H13ClN6O/c20-12-5-6-14-16(9-12)25-18(11-7-8-22-23-10-11)26-19(14)24-15-4-2-1-3-13(15)17(21)27/h1-10H,(H2,21,27)(H,24,25,26). The number of nitrogens with zero attached hydrogens (tertiary/aromatic N) is 4. The summed E-state index contributed by atoms with van der Waals surface area (Å²) in [6, 6.07) is 14.1. The Labute approximate surface area is 159 Å². The van der Waals surface area contributed by atoms with Crippen LogP contribution in [0.25, 0.3) is 22.3 Å². The number of primary amides is 1. The van der Waals surface area contributed by atoms with E-state index in [1.807, 2.05) is 12.1 Å². The smallest absolute Gasteiger partial charge is 0.250 e. The quantitative estimate of drug-likeness (QED) is 0.563. The maximum Gasteiger partial charge on any atom is 0.250 e. The fourth-order valence-corrected chi connectivity index (χ4v) is 2.85. The van der Waals surface area contributed by atoms with Gasteiger partial charge in [0.1, 0.15) is 5.82 Å². The van der Waals surface area contributed by atoms with Crippen LogP contribution in [0.3, 0.4) is 0 Å². The van der Waals surface area contributed by atoms with Crippen molar-refractivity contribution in [1.82, 2.24) is 20.2 Å². The van der Waals surface area contributed by atoms with Crippen LogP contribution in [0.2, 0.25) is 5.02 Å². The lowest BCUT2D eigenvalue weighted by atomic mass is 10.1. The monoisotopic (exact) mass is 376 g/mol. The van der Waals surface area contributed by atoms with E-state index in [9.17, 15) is 4.79 Å². The molecule has 0 bridgehead atoms. The summed E-state index contributed by atoms with van der Waals surface area (Å²) in [5.74, 6) is 0.453. The molecule has 3 N–H and O–H groups in total. The average molecular weight is 377 g/mol. The highest BCUT2D eigenvalue weighted by atomic mass is 35.5. The minimum absolute atomic E-state index is 0.366. The molecule has 27 heavy (non-hydrogen) atoms. The number of anilines is 2. The highest BCUT2D eigenvalue weighted by Crippen LogP contribution is 2.29. The topological polar surface area (TPSA) is 107 Å². The van der Waals surface area contributed by atoms with Crippen molar-refractivity contribution in [3.63, 3.8) is 0 Å². The maximum atomic E-state index is 11.7. The minimum Gasteiger partial charge on any atom is -0.366 e. The first-order valence-electron chi connectivity index (χ1n) is 8.02. The molecular formula is C19H13ClN6O. The van der Waals surface area contributed by atoms with Gasteiger partial charge in [-0.1, -0.05) is 23.7 Å². The molecular weight excluding hydrogens is 364 g/mol. The summed E-state index contributed by atoms with van der Waals surface area (Å²) in [5, 5.41) is 12.2. The van der Waals surface area contributed by atoms with E-state index in [-0.39, 0.29) is 0 Å². The molecule has 0 atom stereocenters. The highest BCUT2D eigenvalue weighted by molar-refractivity contribution is 6.31. The van der Waals surface area contributed by atoms with Crippen molar-refractivity contribution in [3.8, 4) is 11.4 Å². The van der Waals surface area contributed by atoms with Crippen LogP contribution in [0.5, 0.6) is 0 Å². The Morgan fingerprint density at radius 1 is 1.04 bits per heavy atom. The average Bonchev–Trinajstić information content (AvgIpc) is 2.68. The Balaban J connectivity index is 1.90. The van der Waals surface area contributed by atoms with E-state index in [0.717, 1.165) is 5.39 Å². The second-order valence-corrected chi connectivity index (χ2v) is 6.16. The summed E-state index contributed by atoms with van der Waals surface area (Å²) in [4.78, 5) is 20.9. The number of hydrogen-bond donors (Lipinski definition) is 2. The predicted octanol–water partition coefficient (Wildman–Crippen LogP) is 3.58. The lowest BCUT2D eigenvalue weighted by molar-refractivity contribution is 0.100. The van der Waals surface area contributed by atoms with Gasteiger partial charge in [-0.25, -0.2) is 9.97 Å². The number of fused-ring (bicyclic) bond motifs is 1. The largest absolute Gasteiger partial charge is 0.366 e. The first-order valence-corrected chi connectivity index (χ1v) is 8.40. The molecule has 0 aliphatic carbocycles. The molecule has 2 aromatic heterocycles. The van der Waals surface area contributed by atoms with Crippen molar-refractivity contribution >= 4 is 39.9 Å². The number of carbonyl (C=O) groups excluding carboxylic acids is 1. The van der Waals surface area contributed by atoms with E-state index in [2.05, 4.69) is 25.5 Å². The van der Waals surface area contributed by atoms with Gasteiger partial charge in [-0.2, -0.15) is 10.2 Å². The zero-order valence-corrected chi connectivity index (χ0v) is 14.7. The second kappa shape index (κ2) is 6.97. The number of nitrogens with two attached hydrogens (primary N) is 1. The zero-order valence-electron chi connectivity index (χ0n) is 13.9. The van der Waals surface area contributed by atoms with Crippen LogP contribution >= 0.6 is 11.6 Å². The molecule has 0 aliphatic heterocycles. The summed E-state index contributed by atoms with van der Waals surface area (Å²) in [5.41, 5.74) is 7.76. The van der Waals surface area contributed by atoms with Crippen molar-refractivity contribution in [2.45, 2.75) is 0 Å². The van der Waals surface area contributed by atoms with Crippen LogP contribution in [-0.4, -0.2) is 26.1 Å². The third-order valence-electron chi connectivity index (χ3n) is 3.95. The molecule has 0 radical (unpaired) electrons. The molecule has 0 saturated carbocycles. The fourth-order valence-electron chi connectivity index (χ4n) is 2.68. The lowest BCUT2D eigenvalue weighted by Gasteiger charge is -2.13. The van der Waals surface area contributed by atoms with Crippen LogP contribution < -0.4 is 11.1 Å². The Bertz CT molecular complexity index is 1150. The van der Waals surface area contributed by atoms with Crippen molar-refractivity contribution in [3.05, 3.63) is 71.5 Å². The number of benzene rings is 2. The van der Waals surface area contributed by atoms with Crippen molar-refractivity contribution in [2.24, 2.45) is 5.73 Å². The van der Waals surface area contributed by atoms with E-state index in [1.54, 1.807) is 48.8 Å². The number of amides is 1. The van der Waals surface area contributed by atoms with Crippen LogP contribution in [-0.2, 0) is 0 Å². The Morgan fingerprint density at radius 2 is 1.89 bits per heavy atom. The molecule has 0 saturated heterocycles. The van der Waals surface area contributed by atoms with Gasteiger partial charge in [-0.3, -0.25) is 4.79 Å². The number of rotatable bonds is 4.